The first-order valence-corrected chi connectivity index (χ1v) is 8.99. The zero-order valence-corrected chi connectivity index (χ0v) is 12.6. The van der Waals surface area contributed by atoms with Gasteiger partial charge in [0.05, 0.1) is 0 Å². The topological polar surface area (TPSA) is 30.7 Å². The van der Waals surface area contributed by atoms with Gasteiger partial charge in [0.2, 0.25) is 0 Å². The summed E-state index contributed by atoms with van der Waals surface area (Å²) < 4.78 is 2.40. The first-order valence-electron chi connectivity index (χ1n) is 6.04. The van der Waals surface area contributed by atoms with E-state index in [2.05, 4.69) is 60.3 Å². The molecular formula is C13H21N3Si-. The highest BCUT2D eigenvalue weighted by Crippen LogP contribution is 2.38. The maximum absolute atomic E-state index is 4.47. The molecule has 4 heteroatoms. The number of hydrogen-bond acceptors (Lipinski definition) is 2. The van der Waals surface area contributed by atoms with E-state index < -0.39 is 8.24 Å². The van der Waals surface area contributed by atoms with Crippen LogP contribution in [0.1, 0.15) is 26.5 Å². The summed E-state index contributed by atoms with van der Waals surface area (Å²) in [6, 6.07) is 2.14. The van der Waals surface area contributed by atoms with E-state index in [-0.39, 0.29) is 0 Å². The van der Waals surface area contributed by atoms with Crippen LogP contribution in [0.2, 0.25) is 18.1 Å². The lowest BCUT2D eigenvalue weighted by Crippen LogP contribution is -2.45. The summed E-state index contributed by atoms with van der Waals surface area (Å²) in [5, 5.41) is 1.48. The van der Waals surface area contributed by atoms with Crippen molar-refractivity contribution < 1.29 is 0 Å². The molecule has 2 rings (SSSR count). The smallest absolute Gasteiger partial charge is 0.117 e. The molecule has 2 heterocycles. The van der Waals surface area contributed by atoms with Crippen molar-refractivity contribution >= 4 is 19.3 Å². The normalized spacial score (nSPS) is 13.3. The predicted octanol–water partition coefficient (Wildman–Crippen LogP) is 3.59. The van der Waals surface area contributed by atoms with Gasteiger partial charge >= 0.3 is 0 Å². The van der Waals surface area contributed by atoms with E-state index in [9.17, 15) is 0 Å². The van der Waals surface area contributed by atoms with Gasteiger partial charge in [0.1, 0.15) is 12.0 Å². The van der Waals surface area contributed by atoms with Gasteiger partial charge in [-0.3, -0.25) is 0 Å². The molecule has 0 amide bonds. The van der Waals surface area contributed by atoms with Gasteiger partial charge in [-0.05, 0) is 27.4 Å². The minimum absolute atomic E-state index is 0.303. The Bertz CT molecular complexity index is 549. The average Bonchev–Trinajstić information content (AvgIpc) is 2.61. The Hall–Kier alpha value is -1.16. The van der Waals surface area contributed by atoms with Crippen LogP contribution < -0.4 is 0 Å². The molecule has 0 unspecified atom stereocenters. The second-order valence-electron chi connectivity index (χ2n) is 6.19. The van der Waals surface area contributed by atoms with Gasteiger partial charge < -0.3 is 4.23 Å². The first kappa shape index (κ1) is 12.3. The molecule has 0 N–H and O–H groups in total. The number of rotatable bonds is 1. The maximum Gasteiger partial charge on any atom is 0.117 e. The van der Waals surface area contributed by atoms with E-state index in [1.165, 1.54) is 5.39 Å². The lowest BCUT2D eigenvalue weighted by molar-refractivity contribution is 0.702. The molecule has 0 aliphatic rings. The third kappa shape index (κ3) is 1.80. The van der Waals surface area contributed by atoms with Crippen molar-refractivity contribution in [3.8, 4) is 0 Å². The van der Waals surface area contributed by atoms with E-state index in [0.717, 1.165) is 11.3 Å². The van der Waals surface area contributed by atoms with Gasteiger partial charge in [-0.2, -0.15) is 13.1 Å². The van der Waals surface area contributed by atoms with Crippen LogP contribution in [0.5, 0.6) is 0 Å². The standard InChI is InChI=1S/C13H21N3Si/c1-10-11-7-8-16(12(11)15-9-14-10)17(5,6)13(2,3)4/h7-9H,1-6H3/q-1. The lowest BCUT2D eigenvalue weighted by Gasteiger charge is -2.50. The Morgan fingerprint density at radius 3 is 2.41 bits per heavy atom. The largest absolute Gasteiger partial charge is 0.485 e. The molecule has 3 nitrogen and oxygen atoms in total. The number of nitrogens with zero attached hydrogens (tertiary/aromatic N) is 3. The molecule has 0 spiro atoms. The van der Waals surface area contributed by atoms with Crippen LogP contribution in [-0.2, 0) is 0 Å². The highest BCUT2D eigenvalue weighted by Gasteiger charge is 2.26. The van der Waals surface area contributed by atoms with Crippen molar-refractivity contribution in [2.24, 2.45) is 0 Å². The van der Waals surface area contributed by atoms with Crippen molar-refractivity contribution in [3.63, 3.8) is 0 Å². The SMILES string of the molecule is Cc1ncnc2c1ccn2[Si-](C)(C)C(C)(C)C. The molecule has 0 aromatic carbocycles. The zero-order chi connectivity index (χ0) is 12.8. The second kappa shape index (κ2) is 3.67. The minimum atomic E-state index is -1.59. The first-order chi connectivity index (χ1) is 7.75. The van der Waals surface area contributed by atoms with Crippen LogP contribution in [-0.4, -0.2) is 22.4 Å². The van der Waals surface area contributed by atoms with Crippen molar-refractivity contribution in [2.45, 2.75) is 45.8 Å². The molecule has 0 bridgehead atoms. The number of aromatic nitrogens is 3. The molecule has 93 valence electrons. The molecule has 0 saturated carbocycles. The van der Waals surface area contributed by atoms with Gasteiger partial charge in [0.25, 0.3) is 0 Å². The summed E-state index contributed by atoms with van der Waals surface area (Å²) in [4.78, 5) is 8.72. The maximum atomic E-state index is 4.47. The molecule has 17 heavy (non-hydrogen) atoms. The Morgan fingerprint density at radius 1 is 1.18 bits per heavy atom. The fourth-order valence-corrected chi connectivity index (χ4v) is 3.77. The average molecular weight is 247 g/mol. The number of hydrogen-bond donors (Lipinski definition) is 0. The monoisotopic (exact) mass is 247 g/mol. The minimum Gasteiger partial charge on any atom is -0.485 e. The summed E-state index contributed by atoms with van der Waals surface area (Å²) in [5.74, 6) is 0. The fourth-order valence-electron chi connectivity index (χ4n) is 1.89. The third-order valence-corrected chi connectivity index (χ3v) is 9.35. The molecule has 0 aliphatic heterocycles. The Balaban J connectivity index is 2.69. The number of fused-ring (bicyclic) bond motifs is 1. The van der Waals surface area contributed by atoms with Crippen molar-refractivity contribution in [3.05, 3.63) is 24.3 Å². The Kier molecular flexibility index (Phi) is 2.65. The van der Waals surface area contributed by atoms with E-state index in [0.29, 0.717) is 5.04 Å². The highest BCUT2D eigenvalue weighted by atomic mass is 28.3. The quantitative estimate of drug-likeness (QED) is 0.721. The van der Waals surface area contributed by atoms with Crippen molar-refractivity contribution in [2.75, 3.05) is 0 Å². The van der Waals surface area contributed by atoms with Crippen LogP contribution >= 0.6 is 0 Å². The van der Waals surface area contributed by atoms with Crippen LogP contribution in [0, 0.1) is 6.92 Å². The molecular weight excluding hydrogens is 226 g/mol. The van der Waals surface area contributed by atoms with Gasteiger partial charge in [-0.1, -0.05) is 20.8 Å². The molecule has 0 fully saturated rings. The van der Waals surface area contributed by atoms with E-state index in [1.807, 2.05) is 6.92 Å². The third-order valence-electron chi connectivity index (χ3n) is 4.12. The van der Waals surface area contributed by atoms with E-state index >= 15 is 0 Å². The summed E-state index contributed by atoms with van der Waals surface area (Å²) in [7, 11) is -1.59. The van der Waals surface area contributed by atoms with Gasteiger partial charge in [-0.15, -0.1) is 5.04 Å². The van der Waals surface area contributed by atoms with Crippen molar-refractivity contribution in [1.82, 2.24) is 14.2 Å². The number of aryl methyl sites for hydroxylation is 1. The predicted molar refractivity (Wildman–Crippen MR) is 74.9 cm³/mol. The Morgan fingerprint density at radius 2 is 1.82 bits per heavy atom. The summed E-state index contributed by atoms with van der Waals surface area (Å²) in [6.45, 7) is 13.8. The van der Waals surface area contributed by atoms with E-state index in [4.69, 9.17) is 0 Å². The summed E-state index contributed by atoms with van der Waals surface area (Å²) in [5.41, 5.74) is 2.15. The second-order valence-corrected chi connectivity index (χ2v) is 11.3. The molecule has 0 saturated heterocycles. The van der Waals surface area contributed by atoms with Crippen molar-refractivity contribution in [1.29, 1.82) is 0 Å². The molecule has 0 radical (unpaired) electrons. The highest BCUT2D eigenvalue weighted by molar-refractivity contribution is 6.79. The van der Waals surface area contributed by atoms with Gasteiger partial charge in [-0.25, -0.2) is 9.97 Å². The van der Waals surface area contributed by atoms with Crippen LogP contribution in [0.25, 0.3) is 11.0 Å². The molecule has 0 atom stereocenters. The summed E-state index contributed by atoms with van der Waals surface area (Å²) >= 11 is 0. The van der Waals surface area contributed by atoms with Crippen LogP contribution in [0.4, 0.5) is 0 Å². The lowest BCUT2D eigenvalue weighted by atomic mass is 10.2. The van der Waals surface area contributed by atoms with Gasteiger partial charge in [0, 0.05) is 11.1 Å². The molecule has 0 aliphatic carbocycles. The van der Waals surface area contributed by atoms with E-state index in [1.54, 1.807) is 6.33 Å². The van der Waals surface area contributed by atoms with Crippen LogP contribution in [0.15, 0.2) is 18.6 Å². The summed E-state index contributed by atoms with van der Waals surface area (Å²) in [6.07, 6.45) is 3.85. The molecule has 2 aromatic heterocycles. The van der Waals surface area contributed by atoms with Gasteiger partial charge in [0.15, 0.2) is 0 Å². The fraction of sp³-hybridized carbons (Fsp3) is 0.538. The Labute approximate surface area is 104 Å². The van der Waals surface area contributed by atoms with Crippen LogP contribution in [0.3, 0.4) is 0 Å². The molecule has 2 aromatic rings. The zero-order valence-electron chi connectivity index (χ0n) is 11.6.